The van der Waals surface area contributed by atoms with E-state index in [9.17, 15) is 4.79 Å². The molecule has 0 aliphatic rings. The number of methoxy groups -OCH3 is 1. The fourth-order valence-electron chi connectivity index (χ4n) is 2.55. The van der Waals surface area contributed by atoms with Crippen LogP contribution in [0, 0.1) is 0 Å². The average molecular weight is 473 g/mol. The van der Waals surface area contributed by atoms with E-state index in [1.165, 1.54) is 17.4 Å². The van der Waals surface area contributed by atoms with E-state index in [2.05, 4.69) is 26.2 Å². The van der Waals surface area contributed by atoms with Crippen LogP contribution in [0.15, 0.2) is 58.4 Å². The van der Waals surface area contributed by atoms with Crippen LogP contribution in [0.1, 0.15) is 19.4 Å². The zero-order valence-electron chi connectivity index (χ0n) is 16.3. The summed E-state index contributed by atoms with van der Waals surface area (Å²) < 4.78 is 11.7. The van der Waals surface area contributed by atoms with Crippen molar-refractivity contribution < 1.29 is 14.3 Å². The van der Waals surface area contributed by atoms with Crippen molar-refractivity contribution in [3.05, 3.63) is 64.0 Å². The lowest BCUT2D eigenvalue weighted by Crippen LogP contribution is -2.07. The molecule has 2 aromatic carbocycles. The topological polar surface area (TPSA) is 60.5 Å². The van der Waals surface area contributed by atoms with Gasteiger partial charge in [0.15, 0.2) is 5.13 Å². The Balaban J connectivity index is 1.62. The summed E-state index contributed by atoms with van der Waals surface area (Å²) in [5, 5.41) is 5.26. The number of rotatable bonds is 7. The molecule has 0 aliphatic carbocycles. The fourth-order valence-corrected chi connectivity index (χ4v) is 3.83. The molecule has 0 atom stereocenters. The lowest BCUT2D eigenvalue weighted by molar-refractivity contribution is -0.111. The van der Waals surface area contributed by atoms with Crippen LogP contribution in [-0.4, -0.2) is 24.1 Å². The molecule has 3 aromatic rings. The maximum absolute atomic E-state index is 12.2. The number of carbonyl (C=O) groups is 1. The molecule has 1 aromatic heterocycles. The van der Waals surface area contributed by atoms with Crippen molar-refractivity contribution in [1.29, 1.82) is 0 Å². The zero-order chi connectivity index (χ0) is 20.8. The van der Waals surface area contributed by atoms with E-state index in [1.54, 1.807) is 13.2 Å². The molecule has 3 rings (SSSR count). The highest BCUT2D eigenvalue weighted by molar-refractivity contribution is 9.10. The molecule has 0 radical (unpaired) electrons. The van der Waals surface area contributed by atoms with Gasteiger partial charge in [0.25, 0.3) is 0 Å². The van der Waals surface area contributed by atoms with Crippen LogP contribution in [0.4, 0.5) is 5.13 Å². The Kier molecular flexibility index (Phi) is 7.06. The summed E-state index contributed by atoms with van der Waals surface area (Å²) >= 11 is 4.82. The van der Waals surface area contributed by atoms with Gasteiger partial charge in [0.1, 0.15) is 11.5 Å². The third-order valence-corrected chi connectivity index (χ3v) is 5.24. The van der Waals surface area contributed by atoms with E-state index in [-0.39, 0.29) is 12.0 Å². The third kappa shape index (κ3) is 5.92. The Morgan fingerprint density at radius 1 is 1.21 bits per heavy atom. The Labute approximate surface area is 182 Å². The van der Waals surface area contributed by atoms with Gasteiger partial charge in [-0.15, -0.1) is 11.3 Å². The molecule has 0 unspecified atom stereocenters. The highest BCUT2D eigenvalue weighted by Crippen LogP contribution is 2.27. The van der Waals surface area contributed by atoms with E-state index in [1.807, 2.05) is 61.7 Å². The van der Waals surface area contributed by atoms with Crippen LogP contribution in [-0.2, 0) is 4.79 Å². The van der Waals surface area contributed by atoms with Crippen LogP contribution in [0.5, 0.6) is 11.5 Å². The first-order valence-electron chi connectivity index (χ1n) is 9.00. The number of anilines is 1. The molecule has 1 amide bonds. The Morgan fingerprint density at radius 3 is 2.62 bits per heavy atom. The number of benzene rings is 2. The molecular weight excluding hydrogens is 452 g/mol. The van der Waals surface area contributed by atoms with Crippen molar-refractivity contribution in [2.75, 3.05) is 12.4 Å². The van der Waals surface area contributed by atoms with E-state index in [0.29, 0.717) is 5.13 Å². The number of hydrogen-bond donors (Lipinski definition) is 1. The van der Waals surface area contributed by atoms with Crippen LogP contribution < -0.4 is 14.8 Å². The minimum absolute atomic E-state index is 0.133. The standard InChI is InChI=1S/C22H21BrN2O3S/c1-14(2)28-17-8-6-16(7-9-17)19-13-29-22(24-19)25-21(26)11-5-15-4-10-20(27-3)18(23)12-15/h4-14H,1-3H3,(H,24,25,26). The van der Waals surface area contributed by atoms with Crippen LogP contribution in [0.25, 0.3) is 17.3 Å². The van der Waals surface area contributed by atoms with Crippen LogP contribution in [0.2, 0.25) is 0 Å². The highest BCUT2D eigenvalue weighted by atomic mass is 79.9. The molecule has 0 saturated carbocycles. The van der Waals surface area contributed by atoms with Gasteiger partial charge in [-0.3, -0.25) is 10.1 Å². The van der Waals surface area contributed by atoms with E-state index < -0.39 is 0 Å². The quantitative estimate of drug-likeness (QED) is 0.427. The van der Waals surface area contributed by atoms with E-state index in [4.69, 9.17) is 9.47 Å². The maximum Gasteiger partial charge on any atom is 0.250 e. The molecule has 5 nitrogen and oxygen atoms in total. The Hall–Kier alpha value is -2.64. The molecule has 0 aliphatic heterocycles. The number of amides is 1. The molecule has 0 fully saturated rings. The molecule has 0 bridgehead atoms. The number of nitrogens with one attached hydrogen (secondary N) is 1. The Bertz CT molecular complexity index is 1010. The molecular formula is C22H21BrN2O3S. The summed E-state index contributed by atoms with van der Waals surface area (Å²) in [6, 6.07) is 13.4. The fraction of sp³-hybridized carbons (Fsp3) is 0.182. The normalized spacial score (nSPS) is 11.1. The van der Waals surface area contributed by atoms with Crippen LogP contribution >= 0.6 is 27.3 Å². The molecule has 0 spiro atoms. The summed E-state index contributed by atoms with van der Waals surface area (Å²) in [4.78, 5) is 16.7. The number of thiazole rings is 1. The minimum Gasteiger partial charge on any atom is -0.496 e. The SMILES string of the molecule is COc1ccc(C=CC(=O)Nc2nc(-c3ccc(OC(C)C)cc3)cs2)cc1Br. The number of aromatic nitrogens is 1. The molecule has 150 valence electrons. The Morgan fingerprint density at radius 2 is 1.97 bits per heavy atom. The van der Waals surface area contributed by atoms with Crippen molar-refractivity contribution in [3.8, 4) is 22.8 Å². The lowest BCUT2D eigenvalue weighted by Gasteiger charge is -2.09. The summed E-state index contributed by atoms with van der Waals surface area (Å²) in [6.45, 7) is 3.98. The van der Waals surface area contributed by atoms with Gasteiger partial charge in [-0.2, -0.15) is 0 Å². The monoisotopic (exact) mass is 472 g/mol. The smallest absolute Gasteiger partial charge is 0.250 e. The molecule has 1 heterocycles. The van der Waals surface area contributed by atoms with Gasteiger partial charge in [0, 0.05) is 17.0 Å². The first-order valence-corrected chi connectivity index (χ1v) is 10.7. The van der Waals surface area contributed by atoms with Crippen molar-refractivity contribution in [2.24, 2.45) is 0 Å². The summed E-state index contributed by atoms with van der Waals surface area (Å²) in [7, 11) is 1.61. The summed E-state index contributed by atoms with van der Waals surface area (Å²) in [5.41, 5.74) is 2.66. The third-order valence-electron chi connectivity index (χ3n) is 3.86. The lowest BCUT2D eigenvalue weighted by atomic mass is 10.2. The number of ether oxygens (including phenoxy) is 2. The molecule has 0 saturated heterocycles. The maximum atomic E-state index is 12.2. The van der Waals surface area contributed by atoms with E-state index >= 15 is 0 Å². The van der Waals surface area contributed by atoms with Gasteiger partial charge in [-0.05, 0) is 77.8 Å². The summed E-state index contributed by atoms with van der Waals surface area (Å²) in [6.07, 6.45) is 3.35. The number of nitrogens with zero attached hydrogens (tertiary/aromatic N) is 1. The largest absolute Gasteiger partial charge is 0.496 e. The van der Waals surface area contributed by atoms with Gasteiger partial charge >= 0.3 is 0 Å². The second-order valence-corrected chi connectivity index (χ2v) is 8.16. The first kappa shape index (κ1) is 21.1. The molecule has 7 heteroatoms. The van der Waals surface area contributed by atoms with Crippen molar-refractivity contribution in [2.45, 2.75) is 20.0 Å². The molecule has 29 heavy (non-hydrogen) atoms. The van der Waals surface area contributed by atoms with Gasteiger partial charge in [0.05, 0.1) is 23.4 Å². The van der Waals surface area contributed by atoms with Crippen LogP contribution in [0.3, 0.4) is 0 Å². The highest BCUT2D eigenvalue weighted by Gasteiger charge is 2.07. The molecule has 1 N–H and O–H groups in total. The number of carbonyl (C=O) groups excluding carboxylic acids is 1. The second kappa shape index (κ2) is 9.71. The van der Waals surface area contributed by atoms with Gasteiger partial charge < -0.3 is 9.47 Å². The van der Waals surface area contributed by atoms with Crippen molar-refractivity contribution in [3.63, 3.8) is 0 Å². The van der Waals surface area contributed by atoms with Gasteiger partial charge in [0.2, 0.25) is 5.91 Å². The first-order chi connectivity index (χ1) is 13.9. The minimum atomic E-state index is -0.237. The zero-order valence-corrected chi connectivity index (χ0v) is 18.7. The predicted octanol–water partition coefficient (Wildman–Crippen LogP) is 6.02. The number of hydrogen-bond acceptors (Lipinski definition) is 5. The van der Waals surface area contributed by atoms with Crippen molar-refractivity contribution >= 4 is 44.4 Å². The van der Waals surface area contributed by atoms with Gasteiger partial charge in [-0.1, -0.05) is 6.07 Å². The van der Waals surface area contributed by atoms with Gasteiger partial charge in [-0.25, -0.2) is 4.98 Å². The predicted molar refractivity (Wildman–Crippen MR) is 122 cm³/mol. The summed E-state index contributed by atoms with van der Waals surface area (Å²) in [5.74, 6) is 1.33. The number of halogens is 1. The second-order valence-electron chi connectivity index (χ2n) is 6.45. The van der Waals surface area contributed by atoms with Crippen molar-refractivity contribution in [1.82, 2.24) is 4.98 Å². The average Bonchev–Trinajstić information content (AvgIpc) is 3.15. The van der Waals surface area contributed by atoms with E-state index in [0.717, 1.165) is 32.8 Å².